The van der Waals surface area contributed by atoms with E-state index in [1.165, 1.54) is 0 Å². The van der Waals surface area contributed by atoms with Gasteiger partial charge in [0.25, 0.3) is 0 Å². The summed E-state index contributed by atoms with van der Waals surface area (Å²) in [5.74, 6) is 0.663. The van der Waals surface area contributed by atoms with Crippen LogP contribution in [0, 0.1) is 6.92 Å². The summed E-state index contributed by atoms with van der Waals surface area (Å²) in [7, 11) is 0. The van der Waals surface area contributed by atoms with Crippen molar-refractivity contribution in [3.05, 3.63) is 47.2 Å². The van der Waals surface area contributed by atoms with Gasteiger partial charge in [0, 0.05) is 42.8 Å². The molecule has 0 spiro atoms. The Balaban J connectivity index is 1.45. The number of rotatable bonds is 8. The highest BCUT2D eigenvalue weighted by atomic mass is 32.1. The molecule has 1 fully saturated rings. The lowest BCUT2D eigenvalue weighted by Gasteiger charge is -2.38. The largest absolute Gasteiger partial charge is 0.492 e. The molecule has 4 N–H and O–H groups in total. The molecule has 1 aliphatic heterocycles. The number of nitrogens with one attached hydrogen (secondary N) is 2. The number of nitrogens with two attached hydrogens (primary N) is 1. The molecule has 0 bridgehead atoms. The first-order chi connectivity index (χ1) is 15.6. The van der Waals surface area contributed by atoms with Gasteiger partial charge in [0.2, 0.25) is 5.91 Å². The molecule has 0 unspecified atom stereocenters. The van der Waals surface area contributed by atoms with Crippen LogP contribution in [0.5, 0.6) is 5.75 Å². The predicted octanol–water partition coefficient (Wildman–Crippen LogP) is 2.70. The SMILES string of the molecule is CC[C@@H]1CN(CC(=O)Nc2cc(OCCN)ccc2C)C[C@H](c2ncnc3sccc23)N1. The first-order valence-corrected chi connectivity index (χ1v) is 11.8. The Kier molecular flexibility index (Phi) is 7.31. The van der Waals surface area contributed by atoms with Gasteiger partial charge in [-0.05, 0) is 36.4 Å². The fourth-order valence-corrected chi connectivity index (χ4v) is 4.80. The molecule has 32 heavy (non-hydrogen) atoms. The van der Waals surface area contributed by atoms with Gasteiger partial charge in [-0.1, -0.05) is 13.0 Å². The smallest absolute Gasteiger partial charge is 0.238 e. The van der Waals surface area contributed by atoms with Crippen molar-refractivity contribution in [1.82, 2.24) is 20.2 Å². The van der Waals surface area contributed by atoms with Gasteiger partial charge in [-0.2, -0.15) is 0 Å². The van der Waals surface area contributed by atoms with Crippen molar-refractivity contribution >= 4 is 33.1 Å². The number of carbonyl (C=O) groups is 1. The molecule has 2 aromatic heterocycles. The van der Waals surface area contributed by atoms with Gasteiger partial charge in [0.1, 0.15) is 23.5 Å². The van der Waals surface area contributed by atoms with Crippen molar-refractivity contribution in [1.29, 1.82) is 0 Å². The number of nitrogens with zero attached hydrogens (tertiary/aromatic N) is 3. The van der Waals surface area contributed by atoms with Crippen LogP contribution in [0.2, 0.25) is 0 Å². The van der Waals surface area contributed by atoms with E-state index in [2.05, 4.69) is 38.5 Å². The molecule has 1 saturated heterocycles. The number of amides is 1. The van der Waals surface area contributed by atoms with Crippen molar-refractivity contribution < 1.29 is 9.53 Å². The third kappa shape index (κ3) is 5.24. The van der Waals surface area contributed by atoms with Gasteiger partial charge in [0.05, 0.1) is 18.3 Å². The third-order valence-corrected chi connectivity index (χ3v) is 6.53. The molecule has 0 aliphatic carbocycles. The molecule has 0 saturated carbocycles. The van der Waals surface area contributed by atoms with Crippen LogP contribution in [0.1, 0.15) is 30.6 Å². The van der Waals surface area contributed by atoms with Gasteiger partial charge in [0.15, 0.2) is 0 Å². The van der Waals surface area contributed by atoms with Crippen LogP contribution >= 0.6 is 11.3 Å². The quantitative estimate of drug-likeness (QED) is 0.481. The van der Waals surface area contributed by atoms with Gasteiger partial charge in [-0.15, -0.1) is 11.3 Å². The maximum absolute atomic E-state index is 12.9. The molecular formula is C23H30N6O2S. The average Bonchev–Trinajstić information content (AvgIpc) is 3.28. The number of fused-ring (bicyclic) bond motifs is 1. The molecule has 9 heteroatoms. The second-order valence-corrected chi connectivity index (χ2v) is 8.97. The lowest BCUT2D eigenvalue weighted by atomic mass is 10.0. The number of thiophene rings is 1. The molecule has 1 aliphatic rings. The Morgan fingerprint density at radius 1 is 1.34 bits per heavy atom. The molecule has 170 valence electrons. The number of anilines is 1. The molecule has 8 nitrogen and oxygen atoms in total. The number of aromatic nitrogens is 2. The minimum atomic E-state index is -0.0389. The number of aryl methyl sites for hydroxylation is 1. The number of benzene rings is 1. The molecule has 1 aromatic carbocycles. The van der Waals surface area contributed by atoms with Gasteiger partial charge in [-0.3, -0.25) is 9.69 Å². The lowest BCUT2D eigenvalue weighted by Crippen LogP contribution is -2.53. The summed E-state index contributed by atoms with van der Waals surface area (Å²) in [6, 6.07) is 8.10. The zero-order chi connectivity index (χ0) is 22.5. The second kappa shape index (κ2) is 10.4. The standard InChI is InChI=1S/C23H30N6O2S/c1-3-16-11-29(12-20(27-16)22-18-6-9-32-23(18)26-14-25-22)13-21(30)28-19-10-17(31-8-7-24)5-4-15(19)2/h4-6,9-10,14,16,20,27H,3,7-8,11-13,24H2,1-2H3,(H,28,30)/t16-,20-/m1/s1. The summed E-state index contributed by atoms with van der Waals surface area (Å²) in [6.07, 6.45) is 2.61. The highest BCUT2D eigenvalue weighted by Gasteiger charge is 2.29. The fraction of sp³-hybridized carbons (Fsp3) is 0.435. The molecule has 4 rings (SSSR count). The van der Waals surface area contributed by atoms with Gasteiger partial charge in [-0.25, -0.2) is 9.97 Å². The number of piperazine rings is 1. The normalized spacial score (nSPS) is 19.2. The van der Waals surface area contributed by atoms with E-state index >= 15 is 0 Å². The molecule has 1 amide bonds. The predicted molar refractivity (Wildman–Crippen MR) is 128 cm³/mol. The number of hydrogen-bond donors (Lipinski definition) is 3. The minimum absolute atomic E-state index is 0.0389. The van der Waals surface area contributed by atoms with Crippen molar-refractivity contribution in [2.45, 2.75) is 32.4 Å². The summed E-state index contributed by atoms with van der Waals surface area (Å²) in [5.41, 5.74) is 8.27. The van der Waals surface area contributed by atoms with Crippen molar-refractivity contribution in [3.63, 3.8) is 0 Å². The van der Waals surface area contributed by atoms with Crippen LogP contribution in [0.3, 0.4) is 0 Å². The van der Waals surface area contributed by atoms with Crippen molar-refractivity contribution in [2.75, 3.05) is 38.1 Å². The van der Waals surface area contributed by atoms with E-state index in [0.29, 0.717) is 38.0 Å². The van der Waals surface area contributed by atoms with E-state index in [1.807, 2.05) is 30.5 Å². The fourth-order valence-electron chi connectivity index (χ4n) is 4.06. The van der Waals surface area contributed by atoms with Crippen LogP contribution < -0.4 is 21.1 Å². The summed E-state index contributed by atoms with van der Waals surface area (Å²) in [6.45, 7) is 6.87. The Bertz CT molecular complexity index is 1070. The molecular weight excluding hydrogens is 424 g/mol. The summed E-state index contributed by atoms with van der Waals surface area (Å²) in [4.78, 5) is 25.1. The Morgan fingerprint density at radius 2 is 2.22 bits per heavy atom. The average molecular weight is 455 g/mol. The minimum Gasteiger partial charge on any atom is -0.492 e. The van der Waals surface area contributed by atoms with E-state index in [1.54, 1.807) is 17.7 Å². The number of carbonyl (C=O) groups excluding carboxylic acids is 1. The first-order valence-electron chi connectivity index (χ1n) is 11.0. The van der Waals surface area contributed by atoms with Crippen LogP contribution in [0.4, 0.5) is 5.69 Å². The van der Waals surface area contributed by atoms with E-state index in [0.717, 1.165) is 40.1 Å². The summed E-state index contributed by atoms with van der Waals surface area (Å²) < 4.78 is 5.60. The van der Waals surface area contributed by atoms with Crippen LogP contribution in [-0.2, 0) is 4.79 Å². The van der Waals surface area contributed by atoms with Crippen LogP contribution in [0.25, 0.3) is 10.2 Å². The van der Waals surface area contributed by atoms with Gasteiger partial charge < -0.3 is 21.1 Å². The van der Waals surface area contributed by atoms with E-state index in [-0.39, 0.29) is 11.9 Å². The molecule has 3 heterocycles. The topological polar surface area (TPSA) is 105 Å². The third-order valence-electron chi connectivity index (χ3n) is 5.71. The van der Waals surface area contributed by atoms with E-state index < -0.39 is 0 Å². The highest BCUT2D eigenvalue weighted by Crippen LogP contribution is 2.28. The Hall–Kier alpha value is -2.59. The molecule has 2 atom stereocenters. The Labute approximate surface area is 192 Å². The first kappa shape index (κ1) is 22.6. The van der Waals surface area contributed by atoms with Crippen LogP contribution in [0.15, 0.2) is 36.0 Å². The lowest BCUT2D eigenvalue weighted by molar-refractivity contribution is -0.117. The maximum atomic E-state index is 12.9. The number of ether oxygens (including phenoxy) is 1. The zero-order valence-corrected chi connectivity index (χ0v) is 19.3. The monoisotopic (exact) mass is 454 g/mol. The second-order valence-electron chi connectivity index (χ2n) is 8.08. The molecule has 0 radical (unpaired) electrons. The van der Waals surface area contributed by atoms with E-state index in [4.69, 9.17) is 10.5 Å². The summed E-state index contributed by atoms with van der Waals surface area (Å²) in [5, 5.41) is 9.88. The number of hydrogen-bond acceptors (Lipinski definition) is 8. The highest BCUT2D eigenvalue weighted by molar-refractivity contribution is 7.16. The Morgan fingerprint density at radius 3 is 3.03 bits per heavy atom. The van der Waals surface area contributed by atoms with Crippen molar-refractivity contribution in [3.8, 4) is 5.75 Å². The van der Waals surface area contributed by atoms with Crippen LogP contribution in [-0.4, -0.2) is 59.6 Å². The molecule has 3 aromatic rings. The zero-order valence-electron chi connectivity index (χ0n) is 18.5. The van der Waals surface area contributed by atoms with Crippen molar-refractivity contribution in [2.24, 2.45) is 5.73 Å². The maximum Gasteiger partial charge on any atom is 0.238 e. The summed E-state index contributed by atoms with van der Waals surface area (Å²) >= 11 is 1.62. The van der Waals surface area contributed by atoms with Gasteiger partial charge >= 0.3 is 0 Å². The van der Waals surface area contributed by atoms with E-state index in [9.17, 15) is 4.79 Å².